The summed E-state index contributed by atoms with van der Waals surface area (Å²) in [6.45, 7) is 1.58. The topological polar surface area (TPSA) is 159 Å². The SMILES string of the molecule is C[C@H](Nc1cc(C(N)=O)nc(-c2ccc(Oc3cnc(C4CC4)cn3)cc2)n1)C(N)=O. The van der Waals surface area contributed by atoms with Gasteiger partial charge in [-0.15, -0.1) is 0 Å². The van der Waals surface area contributed by atoms with E-state index in [0.717, 1.165) is 18.5 Å². The van der Waals surface area contributed by atoms with E-state index in [9.17, 15) is 9.59 Å². The number of rotatable bonds is 8. The second kappa shape index (κ2) is 8.34. The van der Waals surface area contributed by atoms with E-state index in [-0.39, 0.29) is 17.3 Å². The van der Waals surface area contributed by atoms with Crippen LogP contribution in [0.4, 0.5) is 5.82 Å². The van der Waals surface area contributed by atoms with Gasteiger partial charge >= 0.3 is 0 Å². The minimum atomic E-state index is -0.716. The second-order valence-electron chi connectivity index (χ2n) is 7.27. The second-order valence-corrected chi connectivity index (χ2v) is 7.27. The third-order valence-corrected chi connectivity index (χ3v) is 4.75. The van der Waals surface area contributed by atoms with Crippen LogP contribution >= 0.6 is 0 Å². The van der Waals surface area contributed by atoms with E-state index in [1.54, 1.807) is 43.6 Å². The predicted octanol–water partition coefficient (Wildman–Crippen LogP) is 1.99. The van der Waals surface area contributed by atoms with Crippen molar-refractivity contribution in [2.45, 2.75) is 31.7 Å². The Morgan fingerprint density at radius 3 is 2.42 bits per heavy atom. The zero-order valence-corrected chi connectivity index (χ0v) is 16.8. The molecule has 1 aliphatic carbocycles. The van der Waals surface area contributed by atoms with Gasteiger partial charge in [-0.2, -0.15) is 0 Å². The van der Waals surface area contributed by atoms with Crippen molar-refractivity contribution in [3.05, 3.63) is 54.1 Å². The summed E-state index contributed by atoms with van der Waals surface area (Å²) in [4.78, 5) is 40.2. The van der Waals surface area contributed by atoms with Crippen LogP contribution in [0.5, 0.6) is 11.6 Å². The molecule has 1 fully saturated rings. The normalized spacial score (nSPS) is 14.0. The van der Waals surface area contributed by atoms with Gasteiger partial charge in [-0.3, -0.25) is 14.6 Å². The standard InChI is InChI=1S/C21H21N7O3/c1-11(19(22)29)26-17-8-15(20(23)30)27-21(28-17)13-4-6-14(7-5-13)31-18-10-24-16(9-25-18)12-2-3-12/h4-12H,2-3H2,1H3,(H2,22,29)(H2,23,30)(H,26,27,28)/t11-/m0/s1. The van der Waals surface area contributed by atoms with Gasteiger partial charge in [0, 0.05) is 17.5 Å². The number of carbonyl (C=O) groups is 2. The maximum atomic E-state index is 11.7. The number of anilines is 1. The van der Waals surface area contributed by atoms with Crippen LogP contribution in [0.2, 0.25) is 0 Å². The lowest BCUT2D eigenvalue weighted by Crippen LogP contribution is -2.33. The number of carbonyl (C=O) groups excluding carboxylic acids is 2. The number of hydrogen-bond acceptors (Lipinski definition) is 8. The fourth-order valence-electron chi connectivity index (χ4n) is 2.83. The van der Waals surface area contributed by atoms with Gasteiger partial charge in [0.25, 0.3) is 5.91 Å². The van der Waals surface area contributed by atoms with E-state index < -0.39 is 17.9 Å². The maximum Gasteiger partial charge on any atom is 0.267 e. The Kier molecular flexibility index (Phi) is 5.44. The number of aromatic nitrogens is 4. The third-order valence-electron chi connectivity index (χ3n) is 4.75. The molecule has 5 N–H and O–H groups in total. The molecule has 10 nitrogen and oxygen atoms in total. The number of primary amides is 2. The van der Waals surface area contributed by atoms with Gasteiger partial charge in [-0.1, -0.05) is 0 Å². The first kappa shape index (κ1) is 20.2. The quantitative estimate of drug-likeness (QED) is 0.500. The van der Waals surface area contributed by atoms with E-state index in [2.05, 4.69) is 25.3 Å². The van der Waals surface area contributed by atoms with Crippen molar-refractivity contribution in [1.82, 2.24) is 19.9 Å². The largest absolute Gasteiger partial charge is 0.438 e. The Morgan fingerprint density at radius 1 is 1.10 bits per heavy atom. The molecule has 4 rings (SSSR count). The van der Waals surface area contributed by atoms with Crippen LogP contribution in [0.3, 0.4) is 0 Å². The highest BCUT2D eigenvalue weighted by atomic mass is 16.5. The molecule has 10 heteroatoms. The summed E-state index contributed by atoms with van der Waals surface area (Å²) < 4.78 is 5.74. The summed E-state index contributed by atoms with van der Waals surface area (Å²) in [5, 5.41) is 2.83. The minimum absolute atomic E-state index is 0.00974. The van der Waals surface area contributed by atoms with Gasteiger partial charge in [0.05, 0.1) is 18.1 Å². The molecule has 31 heavy (non-hydrogen) atoms. The predicted molar refractivity (Wildman–Crippen MR) is 112 cm³/mol. The Bertz CT molecular complexity index is 1110. The molecule has 1 aromatic carbocycles. The number of benzene rings is 1. The number of hydrogen-bond donors (Lipinski definition) is 3. The first-order chi connectivity index (χ1) is 14.9. The van der Waals surface area contributed by atoms with Crippen molar-refractivity contribution in [2.75, 3.05) is 5.32 Å². The molecule has 0 spiro atoms. The zero-order valence-electron chi connectivity index (χ0n) is 16.8. The molecule has 2 heterocycles. The fourth-order valence-corrected chi connectivity index (χ4v) is 2.83. The lowest BCUT2D eigenvalue weighted by atomic mass is 10.2. The minimum Gasteiger partial charge on any atom is -0.438 e. The molecule has 1 saturated carbocycles. The van der Waals surface area contributed by atoms with Crippen LogP contribution < -0.4 is 21.5 Å². The lowest BCUT2D eigenvalue weighted by Gasteiger charge is -2.13. The van der Waals surface area contributed by atoms with Crippen molar-refractivity contribution >= 4 is 17.6 Å². The number of ether oxygens (including phenoxy) is 1. The highest BCUT2D eigenvalue weighted by Gasteiger charge is 2.25. The summed E-state index contributed by atoms with van der Waals surface area (Å²) in [5.74, 6) is 0.733. The maximum absolute atomic E-state index is 11.7. The van der Waals surface area contributed by atoms with E-state index >= 15 is 0 Å². The molecule has 2 amide bonds. The van der Waals surface area contributed by atoms with Crippen LogP contribution in [0.25, 0.3) is 11.4 Å². The highest BCUT2D eigenvalue weighted by molar-refractivity contribution is 5.92. The molecule has 1 aliphatic rings. The molecule has 0 aliphatic heterocycles. The van der Waals surface area contributed by atoms with Crippen molar-refractivity contribution < 1.29 is 14.3 Å². The fraction of sp³-hybridized carbons (Fsp3) is 0.238. The van der Waals surface area contributed by atoms with Crippen molar-refractivity contribution in [1.29, 1.82) is 0 Å². The van der Waals surface area contributed by atoms with Gasteiger partial charge < -0.3 is 21.5 Å². The van der Waals surface area contributed by atoms with E-state index in [0.29, 0.717) is 23.1 Å². The van der Waals surface area contributed by atoms with Crippen molar-refractivity contribution in [2.24, 2.45) is 11.5 Å². The van der Waals surface area contributed by atoms with E-state index in [1.165, 1.54) is 6.07 Å². The summed E-state index contributed by atoms with van der Waals surface area (Å²) in [5.41, 5.74) is 12.3. The average molecular weight is 419 g/mol. The smallest absolute Gasteiger partial charge is 0.267 e. The molecule has 0 saturated heterocycles. The summed E-state index contributed by atoms with van der Waals surface area (Å²) >= 11 is 0. The van der Waals surface area contributed by atoms with Gasteiger partial charge in [0.2, 0.25) is 11.8 Å². The van der Waals surface area contributed by atoms with Gasteiger partial charge in [-0.05, 0) is 44.0 Å². The summed E-state index contributed by atoms with van der Waals surface area (Å²) in [7, 11) is 0. The van der Waals surface area contributed by atoms with Crippen molar-refractivity contribution in [3.63, 3.8) is 0 Å². The molecule has 0 unspecified atom stereocenters. The Balaban J connectivity index is 1.53. The third kappa shape index (κ3) is 4.92. The highest BCUT2D eigenvalue weighted by Crippen LogP contribution is 2.38. The van der Waals surface area contributed by atoms with Crippen LogP contribution in [0.1, 0.15) is 41.9 Å². The van der Waals surface area contributed by atoms with Crippen LogP contribution in [-0.4, -0.2) is 37.8 Å². The van der Waals surface area contributed by atoms with Crippen LogP contribution in [0.15, 0.2) is 42.7 Å². The van der Waals surface area contributed by atoms with E-state index in [1.807, 2.05) is 0 Å². The molecular weight excluding hydrogens is 398 g/mol. The molecule has 0 radical (unpaired) electrons. The zero-order chi connectivity index (χ0) is 22.0. The van der Waals surface area contributed by atoms with Gasteiger partial charge in [-0.25, -0.2) is 15.0 Å². The average Bonchev–Trinajstić information content (AvgIpc) is 3.60. The number of amides is 2. The summed E-state index contributed by atoms with van der Waals surface area (Å²) in [6.07, 6.45) is 5.67. The van der Waals surface area contributed by atoms with Gasteiger partial charge in [0.15, 0.2) is 5.82 Å². The number of nitrogens with zero attached hydrogens (tertiary/aromatic N) is 4. The van der Waals surface area contributed by atoms with E-state index in [4.69, 9.17) is 16.2 Å². The monoisotopic (exact) mass is 419 g/mol. The van der Waals surface area contributed by atoms with Crippen LogP contribution in [0, 0.1) is 0 Å². The Morgan fingerprint density at radius 2 is 1.84 bits per heavy atom. The van der Waals surface area contributed by atoms with Crippen LogP contribution in [-0.2, 0) is 4.79 Å². The molecule has 3 aromatic rings. The molecule has 158 valence electrons. The Hall–Kier alpha value is -4.08. The van der Waals surface area contributed by atoms with Crippen molar-refractivity contribution in [3.8, 4) is 23.0 Å². The molecule has 0 bridgehead atoms. The molecule has 2 aromatic heterocycles. The first-order valence-electron chi connectivity index (χ1n) is 9.74. The molecular formula is C21H21N7O3. The molecule has 1 atom stereocenters. The number of nitrogens with one attached hydrogen (secondary N) is 1. The summed E-state index contributed by atoms with van der Waals surface area (Å²) in [6, 6.07) is 7.61. The first-order valence-corrected chi connectivity index (χ1v) is 9.74. The lowest BCUT2D eigenvalue weighted by molar-refractivity contribution is -0.118. The van der Waals surface area contributed by atoms with Gasteiger partial charge in [0.1, 0.15) is 23.3 Å². The number of nitrogens with two attached hydrogens (primary N) is 2. The Labute approximate surface area is 178 Å².